The molecule has 0 fully saturated rings. The second-order valence-corrected chi connectivity index (χ2v) is 6.17. The summed E-state index contributed by atoms with van der Waals surface area (Å²) in [6.07, 6.45) is 0. The highest BCUT2D eigenvalue weighted by molar-refractivity contribution is 6.42. The summed E-state index contributed by atoms with van der Waals surface area (Å²) in [6, 6.07) is 11.6. The SMILES string of the molecule is COCc1ccccc1NC(=O)NCCNC(=O)c1ccc(Cl)c(Cl)c1. The van der Waals surface area contributed by atoms with Crippen LogP contribution >= 0.6 is 23.2 Å². The number of urea groups is 1. The van der Waals surface area contributed by atoms with Crippen LogP contribution in [0.2, 0.25) is 10.0 Å². The van der Waals surface area contributed by atoms with Crippen molar-refractivity contribution < 1.29 is 14.3 Å². The number of nitrogens with one attached hydrogen (secondary N) is 3. The van der Waals surface area contributed by atoms with Gasteiger partial charge in [-0.05, 0) is 24.3 Å². The van der Waals surface area contributed by atoms with Gasteiger partial charge in [0.05, 0.1) is 16.7 Å². The van der Waals surface area contributed by atoms with Gasteiger partial charge < -0.3 is 20.7 Å². The first-order valence-electron chi connectivity index (χ1n) is 7.86. The molecule has 138 valence electrons. The third-order valence-corrected chi connectivity index (χ3v) is 4.18. The maximum absolute atomic E-state index is 12.0. The summed E-state index contributed by atoms with van der Waals surface area (Å²) in [5.74, 6) is -0.295. The lowest BCUT2D eigenvalue weighted by atomic mass is 10.2. The summed E-state index contributed by atoms with van der Waals surface area (Å²) < 4.78 is 5.10. The largest absolute Gasteiger partial charge is 0.380 e. The van der Waals surface area contributed by atoms with E-state index in [2.05, 4.69) is 16.0 Å². The average Bonchev–Trinajstić information content (AvgIpc) is 2.62. The lowest BCUT2D eigenvalue weighted by Gasteiger charge is -2.12. The van der Waals surface area contributed by atoms with Gasteiger partial charge in [-0.15, -0.1) is 0 Å². The van der Waals surface area contributed by atoms with E-state index in [1.165, 1.54) is 6.07 Å². The summed E-state index contributed by atoms with van der Waals surface area (Å²) >= 11 is 11.7. The third kappa shape index (κ3) is 5.91. The van der Waals surface area contributed by atoms with Crippen molar-refractivity contribution in [2.45, 2.75) is 6.61 Å². The standard InChI is InChI=1S/C18H19Cl2N3O3/c1-26-11-13-4-2-3-5-16(13)23-18(25)22-9-8-21-17(24)12-6-7-14(19)15(20)10-12/h2-7,10H,8-9,11H2,1H3,(H,21,24)(H2,22,23,25). The molecule has 0 heterocycles. The number of ether oxygens (including phenoxy) is 1. The fourth-order valence-corrected chi connectivity index (χ4v) is 2.48. The molecule has 3 N–H and O–H groups in total. The number of rotatable bonds is 7. The summed E-state index contributed by atoms with van der Waals surface area (Å²) in [5.41, 5.74) is 1.95. The zero-order valence-corrected chi connectivity index (χ0v) is 15.7. The van der Waals surface area contributed by atoms with E-state index >= 15 is 0 Å². The molecular formula is C18H19Cl2N3O3. The zero-order valence-electron chi connectivity index (χ0n) is 14.1. The molecule has 0 saturated carbocycles. The molecule has 2 aromatic carbocycles. The van der Waals surface area contributed by atoms with Gasteiger partial charge in [-0.2, -0.15) is 0 Å². The van der Waals surface area contributed by atoms with Crippen LogP contribution in [0, 0.1) is 0 Å². The van der Waals surface area contributed by atoms with Gasteiger partial charge in [0, 0.05) is 37.0 Å². The van der Waals surface area contributed by atoms with Crippen LogP contribution < -0.4 is 16.0 Å². The van der Waals surface area contributed by atoms with Crippen molar-refractivity contribution in [1.29, 1.82) is 0 Å². The minimum Gasteiger partial charge on any atom is -0.380 e. The molecule has 8 heteroatoms. The maximum atomic E-state index is 12.0. The Balaban J connectivity index is 1.76. The molecule has 0 spiro atoms. The zero-order chi connectivity index (χ0) is 18.9. The Labute approximate surface area is 161 Å². The Morgan fingerprint density at radius 3 is 2.46 bits per heavy atom. The molecule has 0 aliphatic rings. The first kappa shape index (κ1) is 20.0. The molecular weight excluding hydrogens is 377 g/mol. The molecule has 3 amide bonds. The van der Waals surface area contributed by atoms with E-state index in [4.69, 9.17) is 27.9 Å². The van der Waals surface area contributed by atoms with E-state index < -0.39 is 0 Å². The molecule has 2 rings (SSSR count). The minimum atomic E-state index is -0.364. The number of halogens is 2. The molecule has 6 nitrogen and oxygen atoms in total. The topological polar surface area (TPSA) is 79.5 Å². The lowest BCUT2D eigenvalue weighted by molar-refractivity contribution is 0.0954. The molecule has 0 aromatic heterocycles. The molecule has 0 saturated heterocycles. The quantitative estimate of drug-likeness (QED) is 0.625. The molecule has 0 atom stereocenters. The Hall–Kier alpha value is -2.28. The predicted molar refractivity (Wildman–Crippen MR) is 103 cm³/mol. The molecule has 26 heavy (non-hydrogen) atoms. The van der Waals surface area contributed by atoms with Gasteiger partial charge in [-0.1, -0.05) is 41.4 Å². The Morgan fingerprint density at radius 2 is 1.73 bits per heavy atom. The fraction of sp³-hybridized carbons (Fsp3) is 0.222. The van der Waals surface area contributed by atoms with Gasteiger partial charge in [-0.25, -0.2) is 4.79 Å². The van der Waals surface area contributed by atoms with Crippen molar-refractivity contribution in [1.82, 2.24) is 10.6 Å². The maximum Gasteiger partial charge on any atom is 0.319 e. The number of hydrogen-bond acceptors (Lipinski definition) is 3. The van der Waals surface area contributed by atoms with Gasteiger partial charge in [0.15, 0.2) is 0 Å². The Kier molecular flexibility index (Phi) is 7.72. The summed E-state index contributed by atoms with van der Waals surface area (Å²) in [7, 11) is 1.59. The van der Waals surface area contributed by atoms with E-state index in [1.54, 1.807) is 25.3 Å². The number of carbonyl (C=O) groups is 2. The highest BCUT2D eigenvalue weighted by Gasteiger charge is 2.08. The third-order valence-electron chi connectivity index (χ3n) is 3.44. The smallest absolute Gasteiger partial charge is 0.319 e. The van der Waals surface area contributed by atoms with Gasteiger partial charge in [0.25, 0.3) is 5.91 Å². The normalized spacial score (nSPS) is 10.3. The molecule has 0 bridgehead atoms. The first-order chi connectivity index (χ1) is 12.5. The van der Waals surface area contributed by atoms with Crippen molar-refractivity contribution in [2.24, 2.45) is 0 Å². The van der Waals surface area contributed by atoms with Crippen molar-refractivity contribution in [3.63, 3.8) is 0 Å². The number of amides is 3. The number of methoxy groups -OCH3 is 1. The Bertz CT molecular complexity index is 784. The monoisotopic (exact) mass is 395 g/mol. The van der Waals surface area contributed by atoms with E-state index in [0.29, 0.717) is 27.9 Å². The van der Waals surface area contributed by atoms with E-state index in [1.807, 2.05) is 18.2 Å². The second-order valence-electron chi connectivity index (χ2n) is 5.36. The first-order valence-corrected chi connectivity index (χ1v) is 8.62. The molecule has 0 radical (unpaired) electrons. The van der Waals surface area contributed by atoms with E-state index in [0.717, 1.165) is 5.56 Å². The van der Waals surface area contributed by atoms with Gasteiger partial charge in [0.2, 0.25) is 0 Å². The van der Waals surface area contributed by atoms with E-state index in [9.17, 15) is 9.59 Å². The molecule has 0 unspecified atom stereocenters. The number of hydrogen-bond donors (Lipinski definition) is 3. The summed E-state index contributed by atoms with van der Waals surface area (Å²) in [4.78, 5) is 24.0. The van der Waals surface area contributed by atoms with Gasteiger partial charge in [-0.3, -0.25) is 4.79 Å². The van der Waals surface area contributed by atoms with Crippen LogP contribution in [0.3, 0.4) is 0 Å². The minimum absolute atomic E-state index is 0.269. The van der Waals surface area contributed by atoms with Crippen molar-refractivity contribution in [2.75, 3.05) is 25.5 Å². The van der Waals surface area contributed by atoms with Crippen molar-refractivity contribution in [3.05, 3.63) is 63.6 Å². The molecule has 0 aliphatic carbocycles. The summed E-state index contributed by atoms with van der Waals surface area (Å²) in [5, 5.41) is 8.82. The lowest BCUT2D eigenvalue weighted by Crippen LogP contribution is -2.37. The van der Waals surface area contributed by atoms with Crippen LogP contribution in [0.1, 0.15) is 15.9 Å². The average molecular weight is 396 g/mol. The molecule has 0 aliphatic heterocycles. The van der Waals surface area contributed by atoms with Crippen LogP contribution in [0.25, 0.3) is 0 Å². The highest BCUT2D eigenvalue weighted by atomic mass is 35.5. The van der Waals surface area contributed by atoms with Gasteiger partial charge >= 0.3 is 6.03 Å². The van der Waals surface area contributed by atoms with E-state index in [-0.39, 0.29) is 25.0 Å². The number of carbonyl (C=O) groups excluding carboxylic acids is 2. The number of anilines is 1. The number of para-hydroxylation sites is 1. The van der Waals surface area contributed by atoms with Gasteiger partial charge in [0.1, 0.15) is 0 Å². The summed E-state index contributed by atoms with van der Waals surface area (Å²) in [6.45, 7) is 0.938. The van der Waals surface area contributed by atoms with Crippen LogP contribution in [0.15, 0.2) is 42.5 Å². The van der Waals surface area contributed by atoms with Crippen LogP contribution in [0.5, 0.6) is 0 Å². The number of benzene rings is 2. The van der Waals surface area contributed by atoms with Crippen LogP contribution in [-0.2, 0) is 11.3 Å². The fourth-order valence-electron chi connectivity index (χ4n) is 2.18. The Morgan fingerprint density at radius 1 is 1.00 bits per heavy atom. The molecule has 2 aromatic rings. The highest BCUT2D eigenvalue weighted by Crippen LogP contribution is 2.22. The second kappa shape index (κ2) is 10.0. The van der Waals surface area contributed by atoms with Crippen LogP contribution in [-0.4, -0.2) is 32.1 Å². The van der Waals surface area contributed by atoms with Crippen molar-refractivity contribution >= 4 is 40.8 Å². The van der Waals surface area contributed by atoms with Crippen LogP contribution in [0.4, 0.5) is 10.5 Å². The van der Waals surface area contributed by atoms with Crippen molar-refractivity contribution in [3.8, 4) is 0 Å². The predicted octanol–water partition coefficient (Wildman–Crippen LogP) is 3.69.